The Hall–Kier alpha value is -1.55. The van der Waals surface area contributed by atoms with Gasteiger partial charge in [0.05, 0.1) is 11.1 Å². The first-order chi connectivity index (χ1) is 13.5. The lowest BCUT2D eigenvalue weighted by atomic mass is 9.92. The minimum Gasteiger partial charge on any atom is -0.309 e. The number of rotatable bonds is 4. The quantitative estimate of drug-likeness (QED) is 0.490. The molecule has 0 aromatic heterocycles. The highest BCUT2D eigenvalue weighted by Gasteiger charge is 2.37. The number of halogens is 9. The highest BCUT2D eigenvalue weighted by atomic mass is 35.5. The lowest BCUT2D eigenvalue weighted by Gasteiger charge is -2.34. The fourth-order valence-corrected chi connectivity index (χ4v) is 3.50. The third kappa shape index (κ3) is 7.24. The van der Waals surface area contributed by atoms with Crippen LogP contribution in [0.3, 0.4) is 0 Å². The van der Waals surface area contributed by atoms with E-state index in [4.69, 9.17) is 0 Å². The topological polar surface area (TPSA) is 24.1 Å². The second-order valence-corrected chi connectivity index (χ2v) is 7.03. The molecule has 0 saturated carbocycles. The maximum absolute atomic E-state index is 13.2. The van der Waals surface area contributed by atoms with Crippen molar-refractivity contribution in [3.8, 4) is 0 Å². The monoisotopic (exact) mass is 492 g/mol. The molecule has 2 aromatic rings. The first kappa shape index (κ1) is 27.5. The third-order valence-electron chi connectivity index (χ3n) is 4.90. The van der Waals surface area contributed by atoms with Gasteiger partial charge in [-0.25, -0.2) is 4.39 Å². The van der Waals surface area contributed by atoms with E-state index in [1.807, 2.05) is 0 Å². The summed E-state index contributed by atoms with van der Waals surface area (Å²) in [4.78, 5) is 0. The number of piperidine rings is 1. The SMILES string of the molecule is Cl.Cl.Fc1ccc(C2NCCCC2NCc2cc(C(F)(F)F)cc(C(F)(F)F)c2)cc1. The fraction of sp³-hybridized carbons (Fsp3) is 0.400. The summed E-state index contributed by atoms with van der Waals surface area (Å²) in [7, 11) is 0. The van der Waals surface area contributed by atoms with E-state index in [2.05, 4.69) is 10.6 Å². The molecule has 2 atom stereocenters. The van der Waals surface area contributed by atoms with Crippen molar-refractivity contribution in [2.75, 3.05) is 6.54 Å². The largest absolute Gasteiger partial charge is 0.416 e. The molecule has 0 amide bonds. The van der Waals surface area contributed by atoms with Gasteiger partial charge in [-0.15, -0.1) is 24.8 Å². The Morgan fingerprint density at radius 1 is 0.871 bits per heavy atom. The fourth-order valence-electron chi connectivity index (χ4n) is 3.50. The number of hydrogen-bond acceptors (Lipinski definition) is 2. The highest BCUT2D eigenvalue weighted by Crippen LogP contribution is 2.36. The smallest absolute Gasteiger partial charge is 0.309 e. The normalized spacial score (nSPS) is 19.3. The van der Waals surface area contributed by atoms with Gasteiger partial charge in [0.1, 0.15) is 5.82 Å². The van der Waals surface area contributed by atoms with Gasteiger partial charge in [0.15, 0.2) is 0 Å². The molecule has 2 aromatic carbocycles. The van der Waals surface area contributed by atoms with E-state index in [0.29, 0.717) is 13.0 Å². The number of benzene rings is 2. The molecule has 0 aliphatic carbocycles. The van der Waals surface area contributed by atoms with Crippen molar-refractivity contribution in [3.63, 3.8) is 0 Å². The maximum Gasteiger partial charge on any atom is 0.416 e. The first-order valence-electron chi connectivity index (χ1n) is 9.04. The summed E-state index contributed by atoms with van der Waals surface area (Å²) in [6.45, 7) is 0.555. The second kappa shape index (κ2) is 10.8. The molecular formula is C20H21Cl2F7N2. The van der Waals surface area contributed by atoms with Gasteiger partial charge in [-0.3, -0.25) is 0 Å². The van der Waals surface area contributed by atoms with Gasteiger partial charge in [-0.05, 0) is 60.8 Å². The van der Waals surface area contributed by atoms with Crippen molar-refractivity contribution in [2.45, 2.75) is 43.8 Å². The summed E-state index contributed by atoms with van der Waals surface area (Å²) >= 11 is 0. The van der Waals surface area contributed by atoms with E-state index in [-0.39, 0.29) is 55.1 Å². The van der Waals surface area contributed by atoms with Crippen LogP contribution in [-0.4, -0.2) is 12.6 Å². The molecule has 0 spiro atoms. The van der Waals surface area contributed by atoms with E-state index >= 15 is 0 Å². The zero-order valence-electron chi connectivity index (χ0n) is 16.0. The van der Waals surface area contributed by atoms with Gasteiger partial charge in [-0.2, -0.15) is 26.3 Å². The van der Waals surface area contributed by atoms with Gasteiger partial charge >= 0.3 is 12.4 Å². The Bertz CT molecular complexity index is 807. The lowest BCUT2D eigenvalue weighted by Crippen LogP contribution is -2.45. The Morgan fingerprint density at radius 3 is 1.94 bits per heavy atom. The molecule has 3 rings (SSSR count). The van der Waals surface area contributed by atoms with Crippen molar-refractivity contribution in [1.82, 2.24) is 10.6 Å². The minimum absolute atomic E-state index is 0. The predicted octanol–water partition coefficient (Wildman–Crippen LogP) is 6.29. The summed E-state index contributed by atoms with van der Waals surface area (Å²) in [5.41, 5.74) is -1.97. The van der Waals surface area contributed by atoms with Crippen LogP contribution in [-0.2, 0) is 18.9 Å². The van der Waals surface area contributed by atoms with Crippen molar-refractivity contribution in [1.29, 1.82) is 0 Å². The molecule has 1 heterocycles. The van der Waals surface area contributed by atoms with Gasteiger partial charge in [0.25, 0.3) is 0 Å². The molecule has 2 unspecified atom stereocenters. The molecule has 1 aliphatic rings. The van der Waals surface area contributed by atoms with Crippen molar-refractivity contribution in [2.24, 2.45) is 0 Å². The van der Waals surface area contributed by atoms with Crippen molar-refractivity contribution >= 4 is 24.8 Å². The lowest BCUT2D eigenvalue weighted by molar-refractivity contribution is -0.143. The number of nitrogens with one attached hydrogen (secondary N) is 2. The second-order valence-electron chi connectivity index (χ2n) is 7.03. The van der Waals surface area contributed by atoms with Crippen LogP contribution in [0.2, 0.25) is 0 Å². The molecule has 174 valence electrons. The molecule has 2 nitrogen and oxygen atoms in total. The van der Waals surface area contributed by atoms with Crippen LogP contribution >= 0.6 is 24.8 Å². The summed E-state index contributed by atoms with van der Waals surface area (Å²) in [6.07, 6.45) is -8.27. The van der Waals surface area contributed by atoms with Crippen LogP contribution < -0.4 is 10.6 Å². The van der Waals surface area contributed by atoms with E-state index in [9.17, 15) is 30.7 Å². The highest BCUT2D eigenvalue weighted by molar-refractivity contribution is 5.85. The van der Waals surface area contributed by atoms with Crippen LogP contribution in [0, 0.1) is 5.82 Å². The third-order valence-corrected chi connectivity index (χ3v) is 4.90. The molecule has 1 aliphatic heterocycles. The summed E-state index contributed by atoms with van der Waals surface area (Å²) in [5.74, 6) is -0.391. The molecule has 0 bridgehead atoms. The predicted molar refractivity (Wildman–Crippen MR) is 108 cm³/mol. The maximum atomic E-state index is 13.2. The van der Waals surface area contributed by atoms with Gasteiger partial charge in [-0.1, -0.05) is 12.1 Å². The zero-order valence-corrected chi connectivity index (χ0v) is 17.6. The summed E-state index contributed by atoms with van der Waals surface area (Å²) in [5, 5.41) is 6.33. The van der Waals surface area contributed by atoms with Crippen LogP contribution in [0.5, 0.6) is 0 Å². The van der Waals surface area contributed by atoms with E-state index in [1.54, 1.807) is 12.1 Å². The molecule has 2 N–H and O–H groups in total. The zero-order chi connectivity index (χ0) is 21.2. The van der Waals surface area contributed by atoms with E-state index in [1.165, 1.54) is 12.1 Å². The number of alkyl halides is 6. The van der Waals surface area contributed by atoms with Gasteiger partial charge in [0, 0.05) is 18.6 Å². The van der Waals surface area contributed by atoms with Crippen LogP contribution in [0.4, 0.5) is 30.7 Å². The number of hydrogen-bond donors (Lipinski definition) is 2. The Kier molecular flexibility index (Phi) is 9.62. The van der Waals surface area contributed by atoms with Crippen molar-refractivity contribution < 1.29 is 30.7 Å². The summed E-state index contributed by atoms with van der Waals surface area (Å²) in [6, 6.07) is 6.97. The van der Waals surface area contributed by atoms with Crippen LogP contribution in [0.15, 0.2) is 42.5 Å². The molecule has 31 heavy (non-hydrogen) atoms. The molecule has 0 radical (unpaired) electrons. The molecule has 1 saturated heterocycles. The first-order valence-corrected chi connectivity index (χ1v) is 9.04. The van der Waals surface area contributed by atoms with Crippen molar-refractivity contribution in [3.05, 3.63) is 70.5 Å². The van der Waals surface area contributed by atoms with E-state index < -0.39 is 29.3 Å². The van der Waals surface area contributed by atoms with Gasteiger partial charge < -0.3 is 10.6 Å². The average molecular weight is 493 g/mol. The van der Waals surface area contributed by atoms with Crippen LogP contribution in [0.1, 0.15) is 41.1 Å². The minimum atomic E-state index is -4.88. The Balaban J connectivity index is 0.00000240. The van der Waals surface area contributed by atoms with E-state index in [0.717, 1.165) is 24.1 Å². The Morgan fingerprint density at radius 2 is 1.42 bits per heavy atom. The summed E-state index contributed by atoms with van der Waals surface area (Å²) < 4.78 is 91.3. The molecular weight excluding hydrogens is 472 g/mol. The standard InChI is InChI=1S/C20H19F7N2.2ClH/c21-16-5-3-13(4-6-16)18-17(2-1-7-28-18)29-11-12-8-14(19(22,23)24)10-15(9-12)20(25,26)27;;/h3-6,8-10,17-18,28-29H,1-2,7,11H2;2*1H. The molecule has 1 fully saturated rings. The molecule has 11 heteroatoms. The van der Waals surface area contributed by atoms with Crippen LogP contribution in [0.25, 0.3) is 0 Å². The Labute approximate surface area is 187 Å². The average Bonchev–Trinajstić information content (AvgIpc) is 2.66. The van der Waals surface area contributed by atoms with Gasteiger partial charge in [0.2, 0.25) is 0 Å².